The third-order valence-corrected chi connectivity index (χ3v) is 0.275. The van der Waals surface area contributed by atoms with Crippen LogP contribution >= 0.6 is 0 Å². The summed E-state index contributed by atoms with van der Waals surface area (Å²) in [5, 5.41) is 0. The van der Waals surface area contributed by atoms with E-state index in [1.165, 1.54) is 24.5 Å². The Kier molecular flexibility index (Phi) is 31.0. The van der Waals surface area contributed by atoms with Crippen molar-refractivity contribution in [3.05, 3.63) is 32.2 Å². The van der Waals surface area contributed by atoms with Gasteiger partial charge in [-0.05, 0) is 6.29 Å². The maximum atomic E-state index is 9.28. The van der Waals surface area contributed by atoms with Gasteiger partial charge in [0.05, 0.1) is 0 Å². The van der Waals surface area contributed by atoms with Crippen molar-refractivity contribution in [3.63, 3.8) is 0 Å². The van der Waals surface area contributed by atoms with Crippen LogP contribution in [0.4, 0.5) is 0 Å². The molecule has 46 valence electrons. The molecular weight excluding hydrogens is 191 g/mol. The molecule has 0 aromatic carbocycles. The normalized spacial score (nSPS) is 6.50. The zero-order chi connectivity index (χ0) is 4.83. The molecule has 1 nitrogen and oxygen atoms in total. The molecule has 0 N–H and O–H groups in total. The van der Waals surface area contributed by atoms with Crippen LogP contribution in [0.1, 0.15) is 0 Å². The van der Waals surface area contributed by atoms with E-state index >= 15 is 0 Å². The summed E-state index contributed by atoms with van der Waals surface area (Å²) in [7, 11) is 0. The Bertz CT molecular complexity index is 66.6. The summed E-state index contributed by atoms with van der Waals surface area (Å²) < 4.78 is 0. The molecule has 0 fully saturated rings. The topological polar surface area (TPSA) is 17.1 Å². The van der Waals surface area contributed by atoms with Crippen LogP contribution in [0.25, 0.3) is 0 Å². The molecular formula is C6H7ORh. The van der Waals surface area contributed by atoms with Crippen LogP contribution in [0.2, 0.25) is 0 Å². The fourth-order valence-electron chi connectivity index (χ4n) is 0.0948. The summed E-state index contributed by atoms with van der Waals surface area (Å²) in [6.07, 6.45) is 5.40. The molecule has 0 saturated heterocycles. The molecule has 0 atom stereocenters. The van der Waals surface area contributed by atoms with Gasteiger partial charge >= 0.3 is 19.5 Å². The molecule has 0 aliphatic carbocycles. The fourth-order valence-corrected chi connectivity index (χ4v) is 0.0948. The Hall–Kier alpha value is -0.227. The predicted molar refractivity (Wildman–Crippen MR) is 30.1 cm³/mol. The Labute approximate surface area is 63.2 Å². The van der Waals surface area contributed by atoms with Crippen molar-refractivity contribution < 1.29 is 24.3 Å². The summed E-state index contributed by atoms with van der Waals surface area (Å²) in [5.41, 5.74) is 0. The Balaban J connectivity index is -0.000000125. The van der Waals surface area contributed by atoms with Crippen molar-refractivity contribution in [2.75, 3.05) is 0 Å². The Morgan fingerprint density at radius 2 is 2.00 bits per heavy atom. The third-order valence-electron chi connectivity index (χ3n) is 0.275. The van der Waals surface area contributed by atoms with E-state index < -0.39 is 0 Å². The molecule has 0 bridgehead atoms. The van der Waals surface area contributed by atoms with Gasteiger partial charge in [0.25, 0.3) is 0 Å². The van der Waals surface area contributed by atoms with Gasteiger partial charge in [-0.1, -0.05) is 0 Å². The van der Waals surface area contributed by atoms with Crippen LogP contribution in [0.3, 0.4) is 0 Å². The minimum absolute atomic E-state index is 0. The first kappa shape index (κ1) is 15.7. The monoisotopic (exact) mass is 198 g/mol. The van der Waals surface area contributed by atoms with Gasteiger partial charge < -0.3 is 12.2 Å². The molecule has 0 aromatic rings. The summed E-state index contributed by atoms with van der Waals surface area (Å²) in [6.45, 7) is 4.82. The van der Waals surface area contributed by atoms with Crippen LogP contribution < -0.4 is 0 Å². The minimum atomic E-state index is 0. The van der Waals surface area contributed by atoms with Gasteiger partial charge in [-0.2, -0.15) is 6.08 Å². The van der Waals surface area contributed by atoms with E-state index in [0.717, 1.165) is 0 Å². The number of hydrogen-bond acceptors (Lipinski definition) is 1. The number of carbonyl (C=O) groups excluding carboxylic acids is 1. The van der Waals surface area contributed by atoms with Crippen molar-refractivity contribution in [2.24, 2.45) is 0 Å². The van der Waals surface area contributed by atoms with Crippen LogP contribution in [0.15, 0.2) is 18.2 Å². The molecule has 0 rings (SSSR count). The first-order valence-corrected chi connectivity index (χ1v) is 1.49. The van der Waals surface area contributed by atoms with E-state index in [1.807, 2.05) is 0 Å². The summed E-state index contributed by atoms with van der Waals surface area (Å²) in [4.78, 5) is 9.28. The van der Waals surface area contributed by atoms with E-state index in [1.54, 1.807) is 0 Å². The molecule has 0 heterocycles. The molecule has 0 aliphatic heterocycles. The zero-order valence-electron chi connectivity index (χ0n) is 4.55. The zero-order valence-corrected chi connectivity index (χ0v) is 6.19. The Morgan fingerprint density at radius 1 is 1.50 bits per heavy atom. The van der Waals surface area contributed by atoms with Gasteiger partial charge in [0, 0.05) is 0 Å². The molecule has 0 aliphatic rings. The molecule has 0 saturated carbocycles. The van der Waals surface area contributed by atoms with Gasteiger partial charge in [-0.3, -0.25) is 6.58 Å². The van der Waals surface area contributed by atoms with Crippen molar-refractivity contribution >= 4 is 6.29 Å². The van der Waals surface area contributed by atoms with Crippen molar-refractivity contribution in [3.8, 4) is 0 Å². The molecule has 0 spiro atoms. The molecule has 0 amide bonds. The standard InChI is InChI=1S/C5H4O.CH3.Rh/c1-2-3-4-5-6;;/h1-4H;1H3;/q-2;-1;+3/b4-3-;;. The third kappa shape index (κ3) is 17.1. The van der Waals surface area contributed by atoms with Crippen molar-refractivity contribution in [1.29, 1.82) is 0 Å². The smallest absolute Gasteiger partial charge is 0.419 e. The molecule has 0 radical (unpaired) electrons. The maximum Gasteiger partial charge on any atom is 3.00 e. The van der Waals surface area contributed by atoms with Gasteiger partial charge in [-0.25, -0.2) is 12.2 Å². The second kappa shape index (κ2) is 15.9. The van der Waals surface area contributed by atoms with Crippen LogP contribution in [0, 0.1) is 14.0 Å². The molecule has 8 heavy (non-hydrogen) atoms. The van der Waals surface area contributed by atoms with Gasteiger partial charge in [0.2, 0.25) is 0 Å². The van der Waals surface area contributed by atoms with E-state index in [0.29, 0.717) is 0 Å². The fraction of sp³-hybridized carbons (Fsp3) is 0. The van der Waals surface area contributed by atoms with Crippen LogP contribution in [-0.2, 0) is 24.3 Å². The molecule has 0 unspecified atom stereocenters. The van der Waals surface area contributed by atoms with Crippen LogP contribution in [0.5, 0.6) is 0 Å². The second-order valence-corrected chi connectivity index (χ2v) is 0.669. The van der Waals surface area contributed by atoms with E-state index in [4.69, 9.17) is 6.58 Å². The first-order chi connectivity index (χ1) is 2.91. The Morgan fingerprint density at radius 3 is 2.12 bits per heavy atom. The minimum Gasteiger partial charge on any atom is -0.419 e. The average molecular weight is 198 g/mol. The number of hydrogen-bond donors (Lipinski definition) is 0. The van der Waals surface area contributed by atoms with Crippen LogP contribution in [-0.4, -0.2) is 6.29 Å². The number of rotatable bonds is 2. The van der Waals surface area contributed by atoms with Gasteiger partial charge in [0.15, 0.2) is 0 Å². The second-order valence-electron chi connectivity index (χ2n) is 0.669. The molecule has 0 aromatic heterocycles. The van der Waals surface area contributed by atoms with Crippen molar-refractivity contribution in [2.45, 2.75) is 0 Å². The average Bonchev–Trinajstić information content (AvgIpc) is 1.61. The predicted octanol–water partition coefficient (Wildman–Crippen LogP) is 1.09. The maximum absolute atomic E-state index is 9.28. The molecule has 2 heteroatoms. The number of allylic oxidation sites excluding steroid dienone is 3. The largest absolute Gasteiger partial charge is 3.00 e. The first-order valence-electron chi connectivity index (χ1n) is 1.49. The summed E-state index contributed by atoms with van der Waals surface area (Å²) in [6, 6.07) is 0. The van der Waals surface area contributed by atoms with Gasteiger partial charge in [0.1, 0.15) is 0 Å². The summed E-state index contributed by atoms with van der Waals surface area (Å²) in [5.74, 6) is 0. The summed E-state index contributed by atoms with van der Waals surface area (Å²) >= 11 is 0. The van der Waals surface area contributed by atoms with E-state index in [2.05, 4.69) is 0 Å². The van der Waals surface area contributed by atoms with E-state index in [-0.39, 0.29) is 26.9 Å². The SMILES string of the molecule is [CH-]=C/C=C\[C-]=O.[CH3-].[Rh+3]. The van der Waals surface area contributed by atoms with Crippen molar-refractivity contribution in [1.82, 2.24) is 0 Å². The van der Waals surface area contributed by atoms with Gasteiger partial charge in [-0.15, -0.1) is 0 Å². The van der Waals surface area contributed by atoms with E-state index in [9.17, 15) is 4.79 Å². The quantitative estimate of drug-likeness (QED) is 0.281.